The highest BCUT2D eigenvalue weighted by Crippen LogP contribution is 2.35. The van der Waals surface area contributed by atoms with Crippen LogP contribution in [-0.4, -0.2) is 5.78 Å². The lowest BCUT2D eigenvalue weighted by Gasteiger charge is -2.09. The fraction of sp³-hybridized carbons (Fsp3) is 0.417. The van der Waals surface area contributed by atoms with Crippen LogP contribution in [0, 0.1) is 0 Å². The van der Waals surface area contributed by atoms with E-state index in [1.807, 2.05) is 6.92 Å². The van der Waals surface area contributed by atoms with E-state index in [0.29, 0.717) is 6.42 Å². The quantitative estimate of drug-likeness (QED) is 0.719. The number of benzene rings is 1. The molecule has 0 saturated heterocycles. The van der Waals surface area contributed by atoms with Crippen LogP contribution in [0.2, 0.25) is 5.02 Å². The van der Waals surface area contributed by atoms with Crippen molar-refractivity contribution in [1.82, 2.24) is 0 Å². The van der Waals surface area contributed by atoms with Gasteiger partial charge in [-0.05, 0) is 18.6 Å². The molecule has 1 nitrogen and oxygen atoms in total. The van der Waals surface area contributed by atoms with Gasteiger partial charge >= 0.3 is 6.18 Å². The fourth-order valence-corrected chi connectivity index (χ4v) is 1.69. The molecule has 0 aliphatic heterocycles. The van der Waals surface area contributed by atoms with Crippen molar-refractivity contribution < 1.29 is 18.0 Å². The van der Waals surface area contributed by atoms with Gasteiger partial charge < -0.3 is 0 Å². The fourth-order valence-electron chi connectivity index (χ4n) is 1.40. The van der Waals surface area contributed by atoms with Crippen molar-refractivity contribution in [3.63, 3.8) is 0 Å². The molecule has 0 saturated carbocycles. The summed E-state index contributed by atoms with van der Waals surface area (Å²) in [5.41, 5.74) is -0.678. The average Bonchev–Trinajstić information content (AvgIpc) is 2.23. The largest absolute Gasteiger partial charge is 0.417 e. The molecule has 0 spiro atoms. The van der Waals surface area contributed by atoms with E-state index < -0.39 is 16.8 Å². The second-order valence-electron chi connectivity index (χ2n) is 3.72. The number of ketones is 1. The molecule has 1 aromatic rings. The van der Waals surface area contributed by atoms with Gasteiger partial charge in [-0.15, -0.1) is 0 Å². The van der Waals surface area contributed by atoms with Crippen LogP contribution in [0.3, 0.4) is 0 Å². The second kappa shape index (κ2) is 5.54. The first kappa shape index (κ1) is 14.0. The Kier molecular flexibility index (Phi) is 4.57. The van der Waals surface area contributed by atoms with Crippen molar-refractivity contribution in [2.24, 2.45) is 0 Å². The molecule has 1 aromatic carbocycles. The van der Waals surface area contributed by atoms with Crippen LogP contribution in [0.5, 0.6) is 0 Å². The Hall–Kier alpha value is -1.03. The third-order valence-electron chi connectivity index (χ3n) is 2.35. The Morgan fingerprint density at radius 2 is 2.00 bits per heavy atom. The minimum Gasteiger partial charge on any atom is -0.294 e. The van der Waals surface area contributed by atoms with Crippen LogP contribution in [0.15, 0.2) is 18.2 Å². The van der Waals surface area contributed by atoms with Gasteiger partial charge in [0.25, 0.3) is 0 Å². The lowest BCUT2D eigenvalue weighted by Crippen LogP contribution is -2.07. The number of rotatable bonds is 4. The van der Waals surface area contributed by atoms with Gasteiger partial charge in [0.15, 0.2) is 5.78 Å². The number of unbranched alkanes of at least 4 members (excludes halogenated alkanes) is 1. The Morgan fingerprint density at radius 3 is 2.47 bits per heavy atom. The summed E-state index contributed by atoms with van der Waals surface area (Å²) in [5.74, 6) is -0.178. The van der Waals surface area contributed by atoms with E-state index in [4.69, 9.17) is 11.6 Å². The van der Waals surface area contributed by atoms with E-state index in [-0.39, 0.29) is 11.3 Å². The van der Waals surface area contributed by atoms with E-state index in [9.17, 15) is 18.0 Å². The summed E-state index contributed by atoms with van der Waals surface area (Å²) in [5, 5.41) is -0.431. The summed E-state index contributed by atoms with van der Waals surface area (Å²) >= 11 is 5.52. The van der Waals surface area contributed by atoms with E-state index in [1.54, 1.807) is 0 Å². The maximum Gasteiger partial charge on any atom is 0.417 e. The number of carbonyl (C=O) groups excluding carboxylic acids is 1. The average molecular weight is 265 g/mol. The molecule has 0 amide bonds. The minimum atomic E-state index is -4.48. The monoisotopic (exact) mass is 264 g/mol. The van der Waals surface area contributed by atoms with E-state index in [1.165, 1.54) is 6.07 Å². The summed E-state index contributed by atoms with van der Waals surface area (Å²) in [6, 6.07) is 3.11. The van der Waals surface area contributed by atoms with Crippen LogP contribution < -0.4 is 0 Å². The standard InChI is InChI=1S/C12H12ClF3O/c1-2-3-4-11(17)8-5-6-9(10(13)7-8)12(14,15)16/h5-7H,2-4H2,1H3. The van der Waals surface area contributed by atoms with Gasteiger partial charge in [-0.3, -0.25) is 4.79 Å². The van der Waals surface area contributed by atoms with Crippen LogP contribution in [0.1, 0.15) is 42.1 Å². The first-order valence-corrected chi connectivity index (χ1v) is 5.64. The van der Waals surface area contributed by atoms with Crippen LogP contribution in [0.25, 0.3) is 0 Å². The highest BCUT2D eigenvalue weighted by atomic mass is 35.5. The van der Waals surface area contributed by atoms with E-state index in [2.05, 4.69) is 0 Å². The Morgan fingerprint density at radius 1 is 1.35 bits per heavy atom. The predicted octanol–water partition coefficient (Wildman–Crippen LogP) is 4.73. The smallest absolute Gasteiger partial charge is 0.294 e. The zero-order valence-electron chi connectivity index (χ0n) is 9.27. The zero-order valence-corrected chi connectivity index (χ0v) is 10.0. The topological polar surface area (TPSA) is 17.1 Å². The highest BCUT2D eigenvalue weighted by Gasteiger charge is 2.33. The molecule has 0 N–H and O–H groups in total. The van der Waals surface area contributed by atoms with Gasteiger partial charge in [-0.25, -0.2) is 0 Å². The molecule has 94 valence electrons. The van der Waals surface area contributed by atoms with Gasteiger partial charge in [0.1, 0.15) is 0 Å². The van der Waals surface area contributed by atoms with Crippen molar-refractivity contribution in [1.29, 1.82) is 0 Å². The molecule has 0 heterocycles. The summed E-state index contributed by atoms with van der Waals surface area (Å²) in [6.07, 6.45) is -2.57. The molecule has 5 heteroatoms. The lowest BCUT2D eigenvalue weighted by molar-refractivity contribution is -0.137. The van der Waals surface area contributed by atoms with Gasteiger partial charge in [-0.2, -0.15) is 13.2 Å². The summed E-state index contributed by atoms with van der Waals surface area (Å²) in [7, 11) is 0. The van der Waals surface area contributed by atoms with E-state index in [0.717, 1.165) is 25.0 Å². The molecule has 0 aromatic heterocycles. The summed E-state index contributed by atoms with van der Waals surface area (Å²) in [6.45, 7) is 1.94. The molecule has 0 aliphatic carbocycles. The number of alkyl halides is 3. The van der Waals surface area contributed by atoms with Crippen molar-refractivity contribution >= 4 is 17.4 Å². The summed E-state index contributed by atoms with van der Waals surface area (Å²) in [4.78, 5) is 11.6. The molecule has 0 aliphatic rings. The third kappa shape index (κ3) is 3.73. The molecule has 17 heavy (non-hydrogen) atoms. The van der Waals surface area contributed by atoms with Gasteiger partial charge in [-0.1, -0.05) is 31.0 Å². The number of halogens is 4. The Labute approximate surface area is 103 Å². The lowest BCUT2D eigenvalue weighted by atomic mass is 10.0. The third-order valence-corrected chi connectivity index (χ3v) is 2.67. The Balaban J connectivity index is 2.93. The normalized spacial score (nSPS) is 11.6. The maximum absolute atomic E-state index is 12.4. The number of hydrogen-bond acceptors (Lipinski definition) is 1. The Bertz CT molecular complexity index is 413. The first-order valence-electron chi connectivity index (χ1n) is 5.26. The van der Waals surface area contributed by atoms with Crippen LogP contribution >= 0.6 is 11.6 Å². The van der Waals surface area contributed by atoms with Crippen LogP contribution in [0.4, 0.5) is 13.2 Å². The molecule has 0 unspecified atom stereocenters. The van der Waals surface area contributed by atoms with Crippen molar-refractivity contribution in [3.05, 3.63) is 34.3 Å². The molecular weight excluding hydrogens is 253 g/mol. The van der Waals surface area contributed by atoms with Crippen molar-refractivity contribution in [2.45, 2.75) is 32.4 Å². The van der Waals surface area contributed by atoms with Crippen molar-refractivity contribution in [3.8, 4) is 0 Å². The van der Waals surface area contributed by atoms with Gasteiger partial charge in [0.05, 0.1) is 10.6 Å². The second-order valence-corrected chi connectivity index (χ2v) is 4.13. The first-order chi connectivity index (χ1) is 7.86. The van der Waals surface area contributed by atoms with Gasteiger partial charge in [0.2, 0.25) is 0 Å². The van der Waals surface area contributed by atoms with Gasteiger partial charge in [0, 0.05) is 12.0 Å². The molecule has 0 radical (unpaired) electrons. The number of hydrogen-bond donors (Lipinski definition) is 0. The molecule has 0 fully saturated rings. The summed E-state index contributed by atoms with van der Waals surface area (Å²) < 4.78 is 37.2. The number of Topliss-reactive ketones (excluding diaryl/α,β-unsaturated/α-hetero) is 1. The molecule has 0 bridgehead atoms. The zero-order chi connectivity index (χ0) is 13.1. The number of carbonyl (C=O) groups is 1. The van der Waals surface area contributed by atoms with E-state index >= 15 is 0 Å². The van der Waals surface area contributed by atoms with Crippen LogP contribution in [-0.2, 0) is 6.18 Å². The highest BCUT2D eigenvalue weighted by molar-refractivity contribution is 6.31. The molecule has 0 atom stereocenters. The maximum atomic E-state index is 12.4. The predicted molar refractivity (Wildman–Crippen MR) is 60.3 cm³/mol. The minimum absolute atomic E-state index is 0.178. The molecular formula is C12H12ClF3O. The molecule has 1 rings (SSSR count). The van der Waals surface area contributed by atoms with Crippen molar-refractivity contribution in [2.75, 3.05) is 0 Å². The SMILES string of the molecule is CCCCC(=O)c1ccc(C(F)(F)F)c(Cl)c1.